The van der Waals surface area contributed by atoms with Crippen LogP contribution in [-0.4, -0.2) is 30.4 Å². The molecular formula is C23H18N2O6S. The predicted molar refractivity (Wildman–Crippen MR) is 116 cm³/mol. The van der Waals surface area contributed by atoms with Crippen molar-refractivity contribution in [3.8, 4) is 0 Å². The molecule has 2 heterocycles. The molecule has 32 heavy (non-hydrogen) atoms. The number of esters is 2. The Morgan fingerprint density at radius 1 is 1.12 bits per heavy atom. The number of rotatable bonds is 6. The highest BCUT2D eigenvalue weighted by Crippen LogP contribution is 2.31. The summed E-state index contributed by atoms with van der Waals surface area (Å²) in [7, 11) is 0. The average Bonchev–Trinajstić information content (AvgIpc) is 3.26. The number of nitrogens with two attached hydrogens (primary N) is 1. The van der Waals surface area contributed by atoms with Gasteiger partial charge in [-0.1, -0.05) is 30.3 Å². The Kier molecular flexibility index (Phi) is 6.00. The van der Waals surface area contributed by atoms with Crippen LogP contribution in [0.5, 0.6) is 0 Å². The molecule has 3 N–H and O–H groups in total. The van der Waals surface area contributed by atoms with E-state index in [-0.39, 0.29) is 16.1 Å². The number of nitrogens with one attached hydrogen (secondary N) is 1. The number of fused-ring (bicyclic) bond motifs is 1. The van der Waals surface area contributed by atoms with Crippen molar-refractivity contribution in [1.29, 1.82) is 0 Å². The summed E-state index contributed by atoms with van der Waals surface area (Å²) >= 11 is 1.13. The number of hydrogen-bond donors (Lipinski definition) is 2. The number of anilines is 1. The maximum absolute atomic E-state index is 12.5. The number of carbonyl (C=O) groups is 4. The zero-order valence-electron chi connectivity index (χ0n) is 16.7. The second kappa shape index (κ2) is 9.03. The van der Waals surface area contributed by atoms with Gasteiger partial charge in [-0.25, -0.2) is 9.59 Å². The second-order valence-corrected chi connectivity index (χ2v) is 7.95. The molecule has 1 aliphatic heterocycles. The normalized spacial score (nSPS) is 14.8. The van der Waals surface area contributed by atoms with Crippen molar-refractivity contribution in [2.45, 2.75) is 12.5 Å². The number of thiophene rings is 1. The molecule has 4 rings (SSSR count). The number of cyclic esters (lactones) is 1. The van der Waals surface area contributed by atoms with E-state index in [9.17, 15) is 19.2 Å². The molecule has 1 aliphatic rings. The van der Waals surface area contributed by atoms with Crippen LogP contribution in [0.1, 0.15) is 48.3 Å². The first-order valence-electron chi connectivity index (χ1n) is 9.65. The molecule has 0 radical (unpaired) electrons. The zero-order chi connectivity index (χ0) is 22.7. The lowest BCUT2D eigenvalue weighted by atomic mass is 9.93. The largest absolute Gasteiger partial charge is 0.454 e. The summed E-state index contributed by atoms with van der Waals surface area (Å²) in [5.74, 6) is -2.44. The van der Waals surface area contributed by atoms with Gasteiger partial charge < -0.3 is 20.5 Å². The van der Waals surface area contributed by atoms with Gasteiger partial charge in [0.15, 0.2) is 6.61 Å². The number of amides is 2. The lowest BCUT2D eigenvalue weighted by Gasteiger charge is -2.25. The van der Waals surface area contributed by atoms with E-state index in [1.807, 2.05) is 30.3 Å². The fourth-order valence-corrected chi connectivity index (χ4v) is 4.16. The quantitative estimate of drug-likeness (QED) is 0.556. The van der Waals surface area contributed by atoms with Crippen LogP contribution < -0.4 is 11.1 Å². The van der Waals surface area contributed by atoms with E-state index in [4.69, 9.17) is 15.2 Å². The Hall–Kier alpha value is -3.98. The molecule has 0 saturated heterocycles. The van der Waals surface area contributed by atoms with Crippen LogP contribution >= 0.6 is 11.3 Å². The molecule has 2 amide bonds. The number of benzene rings is 2. The second-order valence-electron chi connectivity index (χ2n) is 7.03. The topological polar surface area (TPSA) is 125 Å². The molecule has 162 valence electrons. The Morgan fingerprint density at radius 3 is 2.66 bits per heavy atom. The van der Waals surface area contributed by atoms with Gasteiger partial charge in [0, 0.05) is 6.42 Å². The minimum atomic E-state index is -0.709. The average molecular weight is 450 g/mol. The number of carbonyl (C=O) groups excluding carboxylic acids is 4. The van der Waals surface area contributed by atoms with Gasteiger partial charge in [0.2, 0.25) is 0 Å². The molecule has 1 atom stereocenters. The summed E-state index contributed by atoms with van der Waals surface area (Å²) in [6.45, 7) is -0.541. The van der Waals surface area contributed by atoms with Crippen molar-refractivity contribution in [2.75, 3.05) is 11.9 Å². The number of primary amides is 1. The summed E-state index contributed by atoms with van der Waals surface area (Å²) in [6.07, 6.45) is -0.0282. The first-order valence-corrected chi connectivity index (χ1v) is 10.5. The van der Waals surface area contributed by atoms with Gasteiger partial charge in [-0.3, -0.25) is 9.59 Å². The van der Waals surface area contributed by atoms with Crippen LogP contribution in [0.25, 0.3) is 0 Å². The van der Waals surface area contributed by atoms with Crippen LogP contribution in [0.2, 0.25) is 0 Å². The van der Waals surface area contributed by atoms with E-state index >= 15 is 0 Å². The third kappa shape index (κ3) is 4.52. The smallest absolute Gasteiger partial charge is 0.339 e. The fraction of sp³-hybridized carbons (Fsp3) is 0.130. The van der Waals surface area contributed by atoms with Gasteiger partial charge in [-0.2, -0.15) is 0 Å². The minimum Gasteiger partial charge on any atom is -0.454 e. The summed E-state index contributed by atoms with van der Waals surface area (Å²) in [5, 5.41) is 4.40. The standard InChI is InChI=1S/C23H18N2O6S/c24-20(27)17-8-9-32-21(17)25-19(26)12-30-22(28)14-6-7-16-15(10-14)11-18(31-23(16)29)13-4-2-1-3-5-13/h1-10,18H,11-12H2,(H2,24,27)(H,25,26). The van der Waals surface area contributed by atoms with E-state index in [0.717, 1.165) is 16.9 Å². The Morgan fingerprint density at radius 2 is 1.91 bits per heavy atom. The lowest BCUT2D eigenvalue weighted by molar-refractivity contribution is -0.119. The van der Waals surface area contributed by atoms with Crippen molar-refractivity contribution in [3.05, 3.63) is 87.8 Å². The Balaban J connectivity index is 1.42. The Labute approximate surface area is 186 Å². The van der Waals surface area contributed by atoms with Crippen molar-refractivity contribution in [3.63, 3.8) is 0 Å². The first-order chi connectivity index (χ1) is 15.4. The van der Waals surface area contributed by atoms with Crippen LogP contribution in [0, 0.1) is 0 Å². The van der Waals surface area contributed by atoms with Crippen LogP contribution in [0.4, 0.5) is 5.00 Å². The van der Waals surface area contributed by atoms with Crippen molar-refractivity contribution in [1.82, 2.24) is 0 Å². The molecule has 0 bridgehead atoms. The van der Waals surface area contributed by atoms with Gasteiger partial charge in [0.05, 0.1) is 16.7 Å². The molecule has 0 aliphatic carbocycles. The molecule has 3 aromatic rings. The molecule has 1 aromatic heterocycles. The molecule has 0 saturated carbocycles. The SMILES string of the molecule is NC(=O)c1ccsc1NC(=O)COC(=O)c1ccc2c(c1)CC(c1ccccc1)OC2=O. The number of ether oxygens (including phenoxy) is 2. The van der Waals surface area contributed by atoms with Crippen LogP contribution in [-0.2, 0) is 20.7 Å². The molecule has 1 unspecified atom stereocenters. The molecule has 8 nitrogen and oxygen atoms in total. The van der Waals surface area contributed by atoms with Gasteiger partial charge in [0.1, 0.15) is 11.1 Å². The van der Waals surface area contributed by atoms with Gasteiger partial charge >= 0.3 is 11.9 Å². The maximum atomic E-state index is 12.5. The molecule has 0 spiro atoms. The Bertz CT molecular complexity index is 1200. The zero-order valence-corrected chi connectivity index (χ0v) is 17.5. The van der Waals surface area contributed by atoms with Crippen molar-refractivity contribution < 1.29 is 28.7 Å². The third-order valence-corrected chi connectivity index (χ3v) is 5.73. The fourth-order valence-electron chi connectivity index (χ4n) is 3.35. The van der Waals surface area contributed by atoms with Gasteiger partial charge in [-0.05, 0) is 40.8 Å². The van der Waals surface area contributed by atoms with Crippen molar-refractivity contribution >= 4 is 40.1 Å². The van der Waals surface area contributed by atoms with Crippen LogP contribution in [0.15, 0.2) is 60.0 Å². The van der Waals surface area contributed by atoms with E-state index < -0.39 is 36.5 Å². The summed E-state index contributed by atoms with van der Waals surface area (Å²) in [6, 6.07) is 15.4. The predicted octanol–water partition coefficient (Wildman–Crippen LogP) is 3.10. The highest BCUT2D eigenvalue weighted by atomic mass is 32.1. The number of hydrogen-bond acceptors (Lipinski definition) is 7. The highest BCUT2D eigenvalue weighted by Gasteiger charge is 2.28. The third-order valence-electron chi connectivity index (χ3n) is 4.90. The molecular weight excluding hydrogens is 432 g/mol. The molecule has 2 aromatic carbocycles. The van der Waals surface area contributed by atoms with E-state index in [1.165, 1.54) is 18.2 Å². The van der Waals surface area contributed by atoms with Crippen LogP contribution in [0.3, 0.4) is 0 Å². The van der Waals surface area contributed by atoms with Crippen molar-refractivity contribution in [2.24, 2.45) is 5.73 Å². The summed E-state index contributed by atoms with van der Waals surface area (Å²) in [4.78, 5) is 48.3. The molecule has 0 fully saturated rings. The minimum absolute atomic E-state index is 0.184. The van der Waals surface area contributed by atoms with E-state index in [0.29, 0.717) is 17.5 Å². The van der Waals surface area contributed by atoms with Gasteiger partial charge in [-0.15, -0.1) is 11.3 Å². The lowest BCUT2D eigenvalue weighted by Crippen LogP contribution is -2.24. The monoisotopic (exact) mass is 450 g/mol. The maximum Gasteiger partial charge on any atom is 0.339 e. The first kappa shape index (κ1) is 21.3. The van der Waals surface area contributed by atoms with E-state index in [1.54, 1.807) is 11.4 Å². The summed E-state index contributed by atoms with van der Waals surface area (Å²) in [5.41, 5.74) is 7.56. The summed E-state index contributed by atoms with van der Waals surface area (Å²) < 4.78 is 10.6. The highest BCUT2D eigenvalue weighted by molar-refractivity contribution is 7.14. The molecule has 9 heteroatoms. The van der Waals surface area contributed by atoms with E-state index in [2.05, 4.69) is 5.32 Å². The van der Waals surface area contributed by atoms with Gasteiger partial charge in [0.25, 0.3) is 11.8 Å².